The summed E-state index contributed by atoms with van der Waals surface area (Å²) < 4.78 is 0.998. The number of piperidine rings is 1. The van der Waals surface area contributed by atoms with Crippen molar-refractivity contribution in [1.82, 2.24) is 10.6 Å². The Morgan fingerprint density at radius 3 is 2.65 bits per heavy atom. The summed E-state index contributed by atoms with van der Waals surface area (Å²) in [4.78, 5) is 12.0. The highest BCUT2D eigenvalue weighted by Gasteiger charge is 2.26. The number of carbonyl (C=O) groups is 1. The van der Waals surface area contributed by atoms with Gasteiger partial charge >= 0.3 is 0 Å². The van der Waals surface area contributed by atoms with Gasteiger partial charge in [-0.2, -0.15) is 0 Å². The van der Waals surface area contributed by atoms with Crippen molar-refractivity contribution in [2.24, 2.45) is 5.41 Å². The average molecular weight is 362 g/mol. The maximum atomic E-state index is 12.0. The lowest BCUT2D eigenvalue weighted by Crippen LogP contribution is -2.43. The number of rotatable bonds is 4. The van der Waals surface area contributed by atoms with Gasteiger partial charge in [0, 0.05) is 11.0 Å². The first-order valence-electron chi connectivity index (χ1n) is 6.80. The van der Waals surface area contributed by atoms with Crippen molar-refractivity contribution >= 4 is 34.2 Å². The van der Waals surface area contributed by atoms with E-state index in [1.807, 2.05) is 24.3 Å². The molecule has 1 amide bonds. The topological polar surface area (TPSA) is 41.1 Å². The Balaban J connectivity index is 0.00000200. The van der Waals surface area contributed by atoms with Crippen LogP contribution in [-0.4, -0.2) is 25.5 Å². The van der Waals surface area contributed by atoms with E-state index in [2.05, 4.69) is 33.5 Å². The molecule has 5 heteroatoms. The van der Waals surface area contributed by atoms with E-state index in [0.717, 1.165) is 42.5 Å². The van der Waals surface area contributed by atoms with Gasteiger partial charge in [-0.25, -0.2) is 0 Å². The van der Waals surface area contributed by atoms with E-state index in [4.69, 9.17) is 0 Å². The minimum atomic E-state index is 0. The first-order chi connectivity index (χ1) is 9.09. The predicted octanol–water partition coefficient (Wildman–Crippen LogP) is 2.92. The van der Waals surface area contributed by atoms with Gasteiger partial charge < -0.3 is 10.6 Å². The molecule has 1 heterocycles. The fraction of sp³-hybridized carbons (Fsp3) is 0.533. The fourth-order valence-electron chi connectivity index (χ4n) is 2.40. The number of halogens is 2. The molecule has 1 fully saturated rings. The van der Waals surface area contributed by atoms with E-state index in [0.29, 0.717) is 6.42 Å². The second-order valence-electron chi connectivity index (χ2n) is 5.61. The van der Waals surface area contributed by atoms with Crippen molar-refractivity contribution < 1.29 is 4.79 Å². The zero-order valence-corrected chi connectivity index (χ0v) is 14.1. The molecule has 1 aromatic carbocycles. The number of carbonyl (C=O) groups excluding carboxylic acids is 1. The van der Waals surface area contributed by atoms with E-state index >= 15 is 0 Å². The van der Waals surface area contributed by atoms with Gasteiger partial charge in [-0.1, -0.05) is 41.1 Å². The van der Waals surface area contributed by atoms with Gasteiger partial charge in [0.05, 0.1) is 6.42 Å². The van der Waals surface area contributed by atoms with Gasteiger partial charge in [0.2, 0.25) is 5.91 Å². The number of amides is 1. The average Bonchev–Trinajstić information content (AvgIpc) is 2.40. The summed E-state index contributed by atoms with van der Waals surface area (Å²) in [5, 5.41) is 6.44. The van der Waals surface area contributed by atoms with Gasteiger partial charge in [0.25, 0.3) is 0 Å². The van der Waals surface area contributed by atoms with Crippen LogP contribution in [0.5, 0.6) is 0 Å². The van der Waals surface area contributed by atoms with Crippen molar-refractivity contribution in [3.05, 3.63) is 34.3 Å². The summed E-state index contributed by atoms with van der Waals surface area (Å²) >= 11 is 3.47. The van der Waals surface area contributed by atoms with Crippen LogP contribution < -0.4 is 10.6 Å². The maximum absolute atomic E-state index is 12.0. The Morgan fingerprint density at radius 2 is 2.00 bits per heavy atom. The molecule has 0 radical (unpaired) electrons. The highest BCUT2D eigenvalue weighted by molar-refractivity contribution is 9.10. The van der Waals surface area contributed by atoms with Crippen LogP contribution in [0.4, 0.5) is 0 Å². The van der Waals surface area contributed by atoms with Crippen molar-refractivity contribution in [3.63, 3.8) is 0 Å². The molecule has 3 nitrogen and oxygen atoms in total. The monoisotopic (exact) mass is 360 g/mol. The summed E-state index contributed by atoms with van der Waals surface area (Å²) in [6.07, 6.45) is 2.69. The van der Waals surface area contributed by atoms with E-state index < -0.39 is 0 Å². The molecule has 1 aliphatic rings. The molecule has 20 heavy (non-hydrogen) atoms. The number of benzene rings is 1. The van der Waals surface area contributed by atoms with Crippen LogP contribution in [-0.2, 0) is 11.2 Å². The van der Waals surface area contributed by atoms with Gasteiger partial charge in [-0.05, 0) is 43.0 Å². The van der Waals surface area contributed by atoms with Crippen LogP contribution in [0.15, 0.2) is 28.7 Å². The molecule has 1 aromatic rings. The zero-order valence-electron chi connectivity index (χ0n) is 11.7. The van der Waals surface area contributed by atoms with E-state index in [9.17, 15) is 4.79 Å². The van der Waals surface area contributed by atoms with E-state index in [1.54, 1.807) is 0 Å². The first kappa shape index (κ1) is 17.5. The molecule has 112 valence electrons. The summed E-state index contributed by atoms with van der Waals surface area (Å²) in [5.74, 6) is 0.103. The second kappa shape index (κ2) is 8.01. The van der Waals surface area contributed by atoms with Gasteiger partial charge in [-0.15, -0.1) is 12.4 Å². The smallest absolute Gasteiger partial charge is 0.224 e. The molecule has 0 bridgehead atoms. The molecule has 2 N–H and O–H groups in total. The van der Waals surface area contributed by atoms with Crippen LogP contribution in [0, 0.1) is 5.41 Å². The number of nitrogens with one attached hydrogen (secondary N) is 2. The fourth-order valence-corrected chi connectivity index (χ4v) is 2.82. The molecule has 0 atom stereocenters. The molecular formula is C15H22BrClN2O. The summed E-state index contributed by atoms with van der Waals surface area (Å²) in [5.41, 5.74) is 1.28. The standard InChI is InChI=1S/C15H21BrN2O.ClH/c1-15(6-8-17-9-7-15)11-18-14(19)10-12-4-2-3-5-13(12)16;/h2-5,17H,6-11H2,1H3,(H,18,19);1H. The largest absolute Gasteiger partial charge is 0.355 e. The maximum Gasteiger partial charge on any atom is 0.224 e. The lowest BCUT2D eigenvalue weighted by Gasteiger charge is -2.34. The van der Waals surface area contributed by atoms with E-state index in [-0.39, 0.29) is 23.7 Å². The normalized spacial score (nSPS) is 17.1. The second-order valence-corrected chi connectivity index (χ2v) is 6.46. The Kier molecular flexibility index (Phi) is 7.00. The molecule has 0 aromatic heterocycles. The third kappa shape index (κ3) is 5.08. The third-order valence-electron chi connectivity index (χ3n) is 3.83. The van der Waals surface area contributed by atoms with Crippen molar-refractivity contribution in [1.29, 1.82) is 0 Å². The zero-order chi connectivity index (χ0) is 13.7. The van der Waals surface area contributed by atoms with Gasteiger partial charge in [-0.3, -0.25) is 4.79 Å². The summed E-state index contributed by atoms with van der Waals surface area (Å²) in [7, 11) is 0. The number of hydrogen-bond acceptors (Lipinski definition) is 2. The Bertz CT molecular complexity index is 447. The number of hydrogen-bond donors (Lipinski definition) is 2. The van der Waals surface area contributed by atoms with Crippen LogP contribution in [0.1, 0.15) is 25.3 Å². The highest BCUT2D eigenvalue weighted by Crippen LogP contribution is 2.26. The molecule has 0 aliphatic carbocycles. The molecule has 2 rings (SSSR count). The van der Waals surface area contributed by atoms with Gasteiger partial charge in [0.1, 0.15) is 0 Å². The Morgan fingerprint density at radius 1 is 1.35 bits per heavy atom. The Labute approximate surface area is 135 Å². The van der Waals surface area contributed by atoms with Gasteiger partial charge in [0.15, 0.2) is 0 Å². The molecule has 1 saturated heterocycles. The lowest BCUT2D eigenvalue weighted by molar-refractivity contribution is -0.121. The molecular weight excluding hydrogens is 340 g/mol. The van der Waals surface area contributed by atoms with Crippen molar-refractivity contribution in [2.75, 3.05) is 19.6 Å². The van der Waals surface area contributed by atoms with Crippen molar-refractivity contribution in [2.45, 2.75) is 26.2 Å². The molecule has 1 aliphatic heterocycles. The predicted molar refractivity (Wildman–Crippen MR) is 88.3 cm³/mol. The van der Waals surface area contributed by atoms with Crippen LogP contribution in [0.3, 0.4) is 0 Å². The highest BCUT2D eigenvalue weighted by atomic mass is 79.9. The summed E-state index contributed by atoms with van der Waals surface area (Å²) in [6, 6.07) is 7.87. The Hall–Kier alpha value is -0.580. The summed E-state index contributed by atoms with van der Waals surface area (Å²) in [6.45, 7) is 5.14. The van der Waals surface area contributed by atoms with E-state index in [1.165, 1.54) is 0 Å². The SMILES string of the molecule is CC1(CNC(=O)Cc2ccccc2Br)CCNCC1.Cl. The van der Waals surface area contributed by atoms with Crippen molar-refractivity contribution in [3.8, 4) is 0 Å². The molecule has 0 spiro atoms. The minimum Gasteiger partial charge on any atom is -0.355 e. The minimum absolute atomic E-state index is 0. The van der Waals surface area contributed by atoms with Crippen LogP contribution in [0.25, 0.3) is 0 Å². The molecule has 0 saturated carbocycles. The third-order valence-corrected chi connectivity index (χ3v) is 4.61. The van der Waals surface area contributed by atoms with Crippen LogP contribution in [0.2, 0.25) is 0 Å². The quantitative estimate of drug-likeness (QED) is 0.866. The lowest BCUT2D eigenvalue weighted by atomic mass is 9.81. The molecule has 0 unspecified atom stereocenters. The van der Waals surface area contributed by atoms with Crippen LogP contribution >= 0.6 is 28.3 Å². The first-order valence-corrected chi connectivity index (χ1v) is 7.59.